The molecular formula is C32H24ClFN4OS. The number of rotatable bonds is 5. The highest BCUT2D eigenvalue weighted by Crippen LogP contribution is 2.38. The van der Waals surface area contributed by atoms with Crippen molar-refractivity contribution in [1.82, 2.24) is 15.3 Å². The molecule has 1 atom stereocenters. The van der Waals surface area contributed by atoms with Crippen LogP contribution in [0.15, 0.2) is 113 Å². The van der Waals surface area contributed by atoms with Crippen molar-refractivity contribution in [3.63, 3.8) is 0 Å². The number of fused-ring (bicyclic) bond motifs is 1. The van der Waals surface area contributed by atoms with E-state index < -0.39 is 6.04 Å². The predicted molar refractivity (Wildman–Crippen MR) is 163 cm³/mol. The number of pyridine rings is 1. The zero-order chi connectivity index (χ0) is 27.6. The molecule has 0 bridgehead atoms. The number of aromatic amines is 1. The van der Waals surface area contributed by atoms with Gasteiger partial charge in [-0.1, -0.05) is 90.5 Å². The van der Waals surface area contributed by atoms with Crippen molar-refractivity contribution >= 4 is 45.5 Å². The van der Waals surface area contributed by atoms with Gasteiger partial charge in [-0.3, -0.25) is 4.79 Å². The number of benzene rings is 4. The Bertz CT molecular complexity index is 1810. The van der Waals surface area contributed by atoms with Crippen LogP contribution in [0.1, 0.15) is 29.2 Å². The Morgan fingerprint density at radius 1 is 0.975 bits per heavy atom. The van der Waals surface area contributed by atoms with Gasteiger partial charge < -0.3 is 10.3 Å². The maximum atomic E-state index is 15.1. The van der Waals surface area contributed by atoms with E-state index in [-0.39, 0.29) is 17.8 Å². The molecule has 8 heteroatoms. The number of nitrogens with one attached hydrogen (secondary N) is 2. The molecule has 2 N–H and O–H groups in total. The molecule has 0 aliphatic carbocycles. The molecule has 1 aliphatic heterocycles. The van der Waals surface area contributed by atoms with Crippen LogP contribution in [0.3, 0.4) is 0 Å². The lowest BCUT2D eigenvalue weighted by Gasteiger charge is -2.25. The van der Waals surface area contributed by atoms with E-state index >= 15 is 4.39 Å². The Labute approximate surface area is 240 Å². The second-order valence-electron chi connectivity index (χ2n) is 9.54. The van der Waals surface area contributed by atoms with Crippen molar-refractivity contribution in [2.45, 2.75) is 19.0 Å². The summed E-state index contributed by atoms with van der Waals surface area (Å²) in [5, 5.41) is 11.4. The topological polar surface area (TPSA) is 60.5 Å². The fourth-order valence-corrected chi connectivity index (χ4v) is 5.55. The normalized spacial score (nSPS) is 14.8. The second-order valence-corrected chi connectivity index (χ2v) is 10.4. The van der Waals surface area contributed by atoms with Crippen molar-refractivity contribution in [3.05, 3.63) is 141 Å². The van der Waals surface area contributed by atoms with E-state index in [9.17, 15) is 4.79 Å². The van der Waals surface area contributed by atoms with Crippen molar-refractivity contribution < 1.29 is 4.39 Å². The van der Waals surface area contributed by atoms with Gasteiger partial charge in [-0.15, -0.1) is 0 Å². The lowest BCUT2D eigenvalue weighted by molar-refractivity contribution is 0.353. The molecule has 4 aromatic carbocycles. The van der Waals surface area contributed by atoms with Crippen molar-refractivity contribution in [2.24, 2.45) is 5.10 Å². The number of nitrogens with zero attached hydrogens (tertiary/aromatic N) is 2. The minimum absolute atomic E-state index is 0.281. The Morgan fingerprint density at radius 2 is 1.68 bits per heavy atom. The third-order valence-corrected chi connectivity index (χ3v) is 7.56. The average molecular weight is 567 g/mol. The summed E-state index contributed by atoms with van der Waals surface area (Å²) in [6, 6.07) is 30.9. The van der Waals surface area contributed by atoms with Crippen LogP contribution in [0.5, 0.6) is 0 Å². The van der Waals surface area contributed by atoms with Crippen LogP contribution in [0.4, 0.5) is 4.39 Å². The molecule has 6 rings (SSSR count). The minimum atomic E-state index is -0.537. The third-order valence-electron chi connectivity index (χ3n) is 7.00. The zero-order valence-corrected chi connectivity index (χ0v) is 22.8. The van der Waals surface area contributed by atoms with Gasteiger partial charge in [0.2, 0.25) is 0 Å². The molecule has 5 nitrogen and oxygen atoms in total. The van der Waals surface area contributed by atoms with E-state index in [0.29, 0.717) is 39.0 Å². The monoisotopic (exact) mass is 566 g/mol. The Morgan fingerprint density at radius 3 is 2.42 bits per heavy atom. The number of aromatic nitrogens is 1. The number of halogens is 2. The minimum Gasteiger partial charge on any atom is -0.357 e. The molecule has 198 valence electrons. The molecule has 1 aromatic heterocycles. The fourth-order valence-electron chi connectivity index (χ4n) is 5.14. The van der Waals surface area contributed by atoms with Gasteiger partial charge in [0.15, 0.2) is 5.11 Å². The molecular weight excluding hydrogens is 543 g/mol. The van der Waals surface area contributed by atoms with Gasteiger partial charge in [0.05, 0.1) is 17.3 Å². The molecule has 2 heterocycles. The number of hydrogen-bond donors (Lipinski definition) is 2. The van der Waals surface area contributed by atoms with Crippen molar-refractivity contribution in [3.8, 4) is 11.1 Å². The fraction of sp³-hybridized carbons (Fsp3) is 0.0938. The van der Waals surface area contributed by atoms with Gasteiger partial charge in [-0.2, -0.15) is 5.10 Å². The van der Waals surface area contributed by atoms with Crippen molar-refractivity contribution in [2.75, 3.05) is 0 Å². The quantitative estimate of drug-likeness (QED) is 0.221. The van der Waals surface area contributed by atoms with Crippen molar-refractivity contribution in [1.29, 1.82) is 0 Å². The summed E-state index contributed by atoms with van der Waals surface area (Å²) < 4.78 is 15.1. The largest absolute Gasteiger partial charge is 0.357 e. The lowest BCUT2D eigenvalue weighted by atomic mass is 9.91. The predicted octanol–water partition coefficient (Wildman–Crippen LogP) is 7.21. The summed E-state index contributed by atoms with van der Waals surface area (Å²) in [4.78, 5) is 16.7. The molecule has 0 radical (unpaired) electrons. The van der Waals surface area contributed by atoms with E-state index in [1.54, 1.807) is 35.3 Å². The highest BCUT2D eigenvalue weighted by molar-refractivity contribution is 7.80. The van der Waals surface area contributed by atoms with Crippen LogP contribution < -0.4 is 10.9 Å². The summed E-state index contributed by atoms with van der Waals surface area (Å²) >= 11 is 12.2. The van der Waals surface area contributed by atoms with Crippen LogP contribution in [0.2, 0.25) is 5.02 Å². The van der Waals surface area contributed by atoms with Crippen LogP contribution >= 0.6 is 23.8 Å². The van der Waals surface area contributed by atoms with Crippen LogP contribution in [0, 0.1) is 5.82 Å². The molecule has 0 amide bonds. The van der Waals surface area contributed by atoms with Gasteiger partial charge in [0, 0.05) is 40.0 Å². The van der Waals surface area contributed by atoms with E-state index in [1.165, 1.54) is 6.07 Å². The van der Waals surface area contributed by atoms with E-state index in [2.05, 4.69) is 10.3 Å². The number of hydrogen-bond acceptors (Lipinski definition) is 3. The first-order valence-electron chi connectivity index (χ1n) is 12.8. The number of H-pyrrole nitrogens is 1. The molecule has 40 heavy (non-hydrogen) atoms. The SMILES string of the molecule is O=c1[nH]c2ccc(Cl)cc2c(-c2ccccc2)c1C1=NN(C(=S)NCc2ccccc2)C(c2ccccc2F)C1. The van der Waals surface area contributed by atoms with E-state index in [4.69, 9.17) is 28.9 Å². The van der Waals surface area contributed by atoms with Crippen LogP contribution in [0.25, 0.3) is 22.0 Å². The second kappa shape index (κ2) is 11.0. The van der Waals surface area contributed by atoms with Gasteiger partial charge in [-0.25, -0.2) is 9.40 Å². The van der Waals surface area contributed by atoms with Gasteiger partial charge in [0.1, 0.15) is 5.82 Å². The first kappa shape index (κ1) is 25.9. The number of thiocarbonyl (C=S) groups is 1. The Hall–Kier alpha value is -4.33. The first-order chi connectivity index (χ1) is 19.5. The van der Waals surface area contributed by atoms with Gasteiger partial charge >= 0.3 is 0 Å². The standard InChI is InChI=1S/C32H24ClFN4OS/c33-22-15-16-26-24(17-22)29(21-11-5-2-6-12-21)30(31(39)36-26)27-18-28(23-13-7-8-14-25(23)34)38(37-27)32(40)35-19-20-9-3-1-4-10-20/h1-17,28H,18-19H2,(H,35,40)(H,36,39). The Balaban J connectivity index is 1.49. The van der Waals surface area contributed by atoms with E-state index in [1.807, 2.05) is 66.7 Å². The summed E-state index contributed by atoms with van der Waals surface area (Å²) in [6.07, 6.45) is 0.281. The van der Waals surface area contributed by atoms with Gasteiger partial charge in [-0.05, 0) is 47.6 Å². The zero-order valence-electron chi connectivity index (χ0n) is 21.3. The molecule has 1 aliphatic rings. The first-order valence-corrected chi connectivity index (χ1v) is 13.6. The molecule has 0 saturated heterocycles. The molecule has 0 fully saturated rings. The average Bonchev–Trinajstić information content (AvgIpc) is 3.41. The third kappa shape index (κ3) is 5.01. The maximum absolute atomic E-state index is 15.1. The molecule has 0 spiro atoms. The lowest BCUT2D eigenvalue weighted by Crippen LogP contribution is -2.36. The summed E-state index contributed by atoms with van der Waals surface area (Å²) in [6.45, 7) is 0.481. The highest BCUT2D eigenvalue weighted by Gasteiger charge is 2.35. The molecule has 0 saturated carbocycles. The Kier molecular flexibility index (Phi) is 7.15. The van der Waals surface area contributed by atoms with Crippen LogP contribution in [-0.4, -0.2) is 20.8 Å². The van der Waals surface area contributed by atoms with E-state index in [0.717, 1.165) is 22.1 Å². The smallest absolute Gasteiger partial charge is 0.258 e. The van der Waals surface area contributed by atoms with Crippen LogP contribution in [-0.2, 0) is 6.54 Å². The molecule has 5 aromatic rings. The summed E-state index contributed by atoms with van der Waals surface area (Å²) in [7, 11) is 0. The van der Waals surface area contributed by atoms with Gasteiger partial charge in [0.25, 0.3) is 5.56 Å². The maximum Gasteiger partial charge on any atom is 0.258 e. The molecule has 1 unspecified atom stereocenters. The highest BCUT2D eigenvalue weighted by atomic mass is 35.5. The number of hydrazone groups is 1. The summed E-state index contributed by atoms with van der Waals surface area (Å²) in [5.41, 5.74) is 4.37. The summed E-state index contributed by atoms with van der Waals surface area (Å²) in [5.74, 6) is -0.359.